The van der Waals surface area contributed by atoms with Gasteiger partial charge in [-0.1, -0.05) is 18.2 Å². The van der Waals surface area contributed by atoms with Gasteiger partial charge in [-0.3, -0.25) is 9.48 Å². The van der Waals surface area contributed by atoms with Gasteiger partial charge in [-0.05, 0) is 44.4 Å². The van der Waals surface area contributed by atoms with Crippen molar-refractivity contribution in [2.75, 3.05) is 19.7 Å². The standard InChI is InChI=1S/C19H23N3O2/c1-13-9-14(2)22(20-13)17-11-21(12-17)19(23)16-7-8-24-18-6-4-3-5-15(18)10-16/h3-6,9,16-17H,7-8,10-12H2,1-2H3/t16-/m1/s1. The molecule has 0 unspecified atom stereocenters. The molecule has 1 aromatic carbocycles. The first-order valence-corrected chi connectivity index (χ1v) is 8.64. The number of carbonyl (C=O) groups is 1. The van der Waals surface area contributed by atoms with E-state index in [1.165, 1.54) is 5.69 Å². The van der Waals surface area contributed by atoms with E-state index >= 15 is 0 Å². The minimum absolute atomic E-state index is 0.0232. The van der Waals surface area contributed by atoms with Crippen LogP contribution in [0.25, 0.3) is 0 Å². The van der Waals surface area contributed by atoms with Gasteiger partial charge in [0, 0.05) is 24.7 Å². The van der Waals surface area contributed by atoms with Gasteiger partial charge in [0.1, 0.15) is 5.75 Å². The number of fused-ring (bicyclic) bond motifs is 1. The van der Waals surface area contributed by atoms with Crippen LogP contribution in [0.15, 0.2) is 30.3 Å². The van der Waals surface area contributed by atoms with E-state index in [1.54, 1.807) is 0 Å². The van der Waals surface area contributed by atoms with Gasteiger partial charge in [0.2, 0.25) is 5.91 Å². The van der Waals surface area contributed by atoms with Gasteiger partial charge in [-0.2, -0.15) is 5.10 Å². The predicted molar refractivity (Wildman–Crippen MR) is 91.1 cm³/mol. The normalized spacial score (nSPS) is 20.8. The molecule has 0 N–H and O–H groups in total. The van der Waals surface area contributed by atoms with Crippen LogP contribution in [-0.4, -0.2) is 40.3 Å². The summed E-state index contributed by atoms with van der Waals surface area (Å²) < 4.78 is 7.84. The third kappa shape index (κ3) is 2.68. The smallest absolute Gasteiger partial charge is 0.226 e. The van der Waals surface area contributed by atoms with Gasteiger partial charge < -0.3 is 9.64 Å². The SMILES string of the molecule is Cc1cc(C)n(C2CN(C(=O)[C@@H]3CCOc4ccccc4C3)C2)n1. The van der Waals surface area contributed by atoms with Crippen LogP contribution in [0.2, 0.25) is 0 Å². The summed E-state index contributed by atoms with van der Waals surface area (Å²) in [6.45, 7) is 6.22. The molecule has 2 aliphatic heterocycles. The zero-order valence-corrected chi connectivity index (χ0v) is 14.2. The maximum absolute atomic E-state index is 12.9. The van der Waals surface area contributed by atoms with Crippen molar-refractivity contribution in [2.24, 2.45) is 5.92 Å². The molecule has 0 saturated carbocycles. The minimum atomic E-state index is 0.0232. The maximum atomic E-state index is 12.9. The molecule has 3 heterocycles. The fourth-order valence-corrected chi connectivity index (χ4v) is 3.77. The van der Waals surface area contributed by atoms with Crippen LogP contribution < -0.4 is 4.74 Å². The van der Waals surface area contributed by atoms with Crippen LogP contribution in [0.1, 0.15) is 29.4 Å². The van der Waals surface area contributed by atoms with Gasteiger partial charge in [-0.15, -0.1) is 0 Å². The quantitative estimate of drug-likeness (QED) is 0.852. The molecule has 1 fully saturated rings. The second kappa shape index (κ2) is 5.96. The molecule has 5 nitrogen and oxygen atoms in total. The highest BCUT2D eigenvalue weighted by atomic mass is 16.5. The van der Waals surface area contributed by atoms with Crippen molar-refractivity contribution in [3.05, 3.63) is 47.3 Å². The van der Waals surface area contributed by atoms with Crippen molar-refractivity contribution in [2.45, 2.75) is 32.7 Å². The van der Waals surface area contributed by atoms with E-state index in [9.17, 15) is 4.79 Å². The summed E-state index contributed by atoms with van der Waals surface area (Å²) in [7, 11) is 0. The number of likely N-dealkylation sites (tertiary alicyclic amines) is 1. The van der Waals surface area contributed by atoms with Crippen molar-refractivity contribution in [3.63, 3.8) is 0 Å². The molecule has 1 amide bonds. The number of para-hydroxylation sites is 1. The number of aromatic nitrogens is 2. The van der Waals surface area contributed by atoms with Crippen molar-refractivity contribution in [3.8, 4) is 5.75 Å². The van der Waals surface area contributed by atoms with Gasteiger partial charge in [0.05, 0.1) is 18.3 Å². The van der Waals surface area contributed by atoms with Gasteiger partial charge >= 0.3 is 0 Å². The van der Waals surface area contributed by atoms with Crippen molar-refractivity contribution < 1.29 is 9.53 Å². The predicted octanol–water partition coefficient (Wildman–Crippen LogP) is 2.52. The summed E-state index contributed by atoms with van der Waals surface area (Å²) in [4.78, 5) is 14.8. The third-order valence-corrected chi connectivity index (χ3v) is 5.08. The largest absolute Gasteiger partial charge is 0.493 e. The Morgan fingerprint density at radius 2 is 2.04 bits per heavy atom. The first-order chi connectivity index (χ1) is 11.6. The lowest BCUT2D eigenvalue weighted by Crippen LogP contribution is -2.53. The molecule has 0 aliphatic carbocycles. The number of rotatable bonds is 2. The first-order valence-electron chi connectivity index (χ1n) is 8.64. The Labute approximate surface area is 142 Å². The average Bonchev–Trinajstić information content (AvgIpc) is 2.73. The number of hydrogen-bond donors (Lipinski definition) is 0. The topological polar surface area (TPSA) is 47.4 Å². The third-order valence-electron chi connectivity index (χ3n) is 5.08. The zero-order valence-electron chi connectivity index (χ0n) is 14.2. The summed E-state index contributed by atoms with van der Waals surface area (Å²) in [5.74, 6) is 1.21. The highest BCUT2D eigenvalue weighted by molar-refractivity contribution is 5.80. The Balaban J connectivity index is 1.41. The minimum Gasteiger partial charge on any atom is -0.493 e. The van der Waals surface area contributed by atoms with Gasteiger partial charge in [0.25, 0.3) is 0 Å². The van der Waals surface area contributed by atoms with E-state index in [0.717, 1.165) is 42.9 Å². The highest BCUT2D eigenvalue weighted by Crippen LogP contribution is 2.30. The molecule has 1 saturated heterocycles. The summed E-state index contributed by atoms with van der Waals surface area (Å²) >= 11 is 0. The number of benzene rings is 1. The summed E-state index contributed by atoms with van der Waals surface area (Å²) in [5, 5.41) is 4.54. The van der Waals surface area contributed by atoms with E-state index in [4.69, 9.17) is 4.74 Å². The molecule has 5 heteroatoms. The van der Waals surface area contributed by atoms with Crippen LogP contribution in [-0.2, 0) is 11.2 Å². The van der Waals surface area contributed by atoms with Crippen LogP contribution in [0.4, 0.5) is 0 Å². The Kier molecular flexibility index (Phi) is 3.79. The number of carbonyl (C=O) groups excluding carboxylic acids is 1. The number of nitrogens with zero attached hydrogens (tertiary/aromatic N) is 3. The Hall–Kier alpha value is -2.30. The summed E-state index contributed by atoms with van der Waals surface area (Å²) in [5.41, 5.74) is 3.35. The molecule has 1 atom stereocenters. The number of ether oxygens (including phenoxy) is 1. The molecule has 2 aromatic rings. The van der Waals surface area contributed by atoms with Crippen LogP contribution in [0.3, 0.4) is 0 Å². The first kappa shape index (κ1) is 15.2. The fourth-order valence-electron chi connectivity index (χ4n) is 3.77. The molecule has 0 radical (unpaired) electrons. The van der Waals surface area contributed by atoms with E-state index < -0.39 is 0 Å². The highest BCUT2D eigenvalue weighted by Gasteiger charge is 2.37. The summed E-state index contributed by atoms with van der Waals surface area (Å²) in [6, 6.07) is 10.5. The van der Waals surface area contributed by atoms with Crippen molar-refractivity contribution in [1.82, 2.24) is 14.7 Å². The van der Waals surface area contributed by atoms with Crippen LogP contribution in [0.5, 0.6) is 5.75 Å². The van der Waals surface area contributed by atoms with Crippen LogP contribution in [0, 0.1) is 19.8 Å². The molecule has 2 aliphatic rings. The molecule has 0 spiro atoms. The second-order valence-corrected chi connectivity index (χ2v) is 6.91. The van der Waals surface area contributed by atoms with E-state index in [0.29, 0.717) is 12.6 Å². The van der Waals surface area contributed by atoms with Crippen molar-refractivity contribution in [1.29, 1.82) is 0 Å². The Morgan fingerprint density at radius 1 is 1.25 bits per heavy atom. The molecule has 24 heavy (non-hydrogen) atoms. The zero-order chi connectivity index (χ0) is 16.7. The summed E-state index contributed by atoms with van der Waals surface area (Å²) in [6.07, 6.45) is 1.56. The molecule has 0 bridgehead atoms. The van der Waals surface area contributed by atoms with E-state index in [-0.39, 0.29) is 11.8 Å². The number of aryl methyl sites for hydroxylation is 2. The lowest BCUT2D eigenvalue weighted by molar-refractivity contribution is -0.142. The Bertz CT molecular complexity index is 762. The van der Waals surface area contributed by atoms with Crippen molar-refractivity contribution >= 4 is 5.91 Å². The maximum Gasteiger partial charge on any atom is 0.226 e. The fraction of sp³-hybridized carbons (Fsp3) is 0.474. The number of amides is 1. The molecular formula is C19H23N3O2. The van der Waals surface area contributed by atoms with Crippen LogP contribution >= 0.6 is 0 Å². The monoisotopic (exact) mass is 325 g/mol. The molecule has 1 aromatic heterocycles. The molecule has 4 rings (SSSR count). The van der Waals surface area contributed by atoms with E-state index in [2.05, 4.69) is 28.8 Å². The lowest BCUT2D eigenvalue weighted by Gasteiger charge is -2.41. The molecular weight excluding hydrogens is 302 g/mol. The lowest BCUT2D eigenvalue weighted by atomic mass is 9.93. The Morgan fingerprint density at radius 3 is 2.79 bits per heavy atom. The number of hydrogen-bond acceptors (Lipinski definition) is 3. The van der Waals surface area contributed by atoms with Gasteiger partial charge in [0.15, 0.2) is 0 Å². The van der Waals surface area contributed by atoms with E-state index in [1.807, 2.05) is 30.0 Å². The van der Waals surface area contributed by atoms with Gasteiger partial charge in [-0.25, -0.2) is 0 Å². The second-order valence-electron chi connectivity index (χ2n) is 6.91. The average molecular weight is 325 g/mol. The molecule has 126 valence electrons.